The molecule has 0 bridgehead atoms. The van der Waals surface area contributed by atoms with Crippen LogP contribution in [0.2, 0.25) is 0 Å². The Hall–Kier alpha value is -1.30. The summed E-state index contributed by atoms with van der Waals surface area (Å²) in [7, 11) is 1.71. The smallest absolute Gasteiger partial charge is 0.0976 e. The van der Waals surface area contributed by atoms with Gasteiger partial charge in [-0.2, -0.15) is 0 Å². The number of ether oxygens (including phenoxy) is 1. The van der Waals surface area contributed by atoms with E-state index in [9.17, 15) is 0 Å². The summed E-state index contributed by atoms with van der Waals surface area (Å²) in [5.41, 5.74) is 2.29. The molecule has 0 saturated heterocycles. The highest BCUT2D eigenvalue weighted by atomic mass is 32.1. The summed E-state index contributed by atoms with van der Waals surface area (Å²) in [5, 5.41) is 4.57. The van der Waals surface area contributed by atoms with Crippen LogP contribution in [0.4, 0.5) is 0 Å². The van der Waals surface area contributed by atoms with Gasteiger partial charge in [0.05, 0.1) is 17.3 Å². The third kappa shape index (κ3) is 4.37. The van der Waals surface area contributed by atoms with Gasteiger partial charge in [0, 0.05) is 43.4 Å². The first-order chi connectivity index (χ1) is 9.69. The number of methoxy groups -OCH3 is 1. The molecule has 0 radical (unpaired) electrons. The second kappa shape index (κ2) is 7.47. The predicted molar refractivity (Wildman–Crippen MR) is 81.8 cm³/mol. The van der Waals surface area contributed by atoms with Gasteiger partial charge in [0.1, 0.15) is 0 Å². The first kappa shape index (κ1) is 15.1. The molecule has 2 heterocycles. The first-order valence-corrected chi connectivity index (χ1v) is 7.59. The van der Waals surface area contributed by atoms with Crippen LogP contribution in [-0.4, -0.2) is 23.1 Å². The Labute approximate surface area is 124 Å². The molecule has 2 rings (SSSR count). The van der Waals surface area contributed by atoms with Gasteiger partial charge in [-0.1, -0.05) is 13.8 Å². The van der Waals surface area contributed by atoms with E-state index in [0.717, 1.165) is 23.7 Å². The van der Waals surface area contributed by atoms with Crippen LogP contribution in [-0.2, 0) is 24.3 Å². The number of hydrogen-bond donors (Lipinski definition) is 1. The van der Waals surface area contributed by atoms with Crippen molar-refractivity contribution in [2.24, 2.45) is 0 Å². The lowest BCUT2D eigenvalue weighted by atomic mass is 10.2. The summed E-state index contributed by atoms with van der Waals surface area (Å²) in [6.45, 7) is 5.72. The summed E-state index contributed by atoms with van der Waals surface area (Å²) in [6.07, 6.45) is 4.49. The van der Waals surface area contributed by atoms with Crippen LogP contribution in [0.15, 0.2) is 24.5 Å². The van der Waals surface area contributed by atoms with E-state index in [1.54, 1.807) is 18.4 Å². The zero-order chi connectivity index (χ0) is 14.4. The Kier molecular flexibility index (Phi) is 5.64. The molecule has 20 heavy (non-hydrogen) atoms. The Morgan fingerprint density at radius 1 is 1.30 bits per heavy atom. The van der Waals surface area contributed by atoms with Gasteiger partial charge in [-0.25, -0.2) is 4.98 Å². The van der Waals surface area contributed by atoms with Gasteiger partial charge < -0.3 is 10.1 Å². The maximum atomic E-state index is 5.25. The fourth-order valence-corrected chi connectivity index (χ4v) is 2.93. The highest BCUT2D eigenvalue weighted by Crippen LogP contribution is 2.22. The number of rotatable bonds is 7. The molecule has 5 heteroatoms. The van der Waals surface area contributed by atoms with Crippen LogP contribution < -0.4 is 5.32 Å². The van der Waals surface area contributed by atoms with Gasteiger partial charge in [-0.3, -0.25) is 4.98 Å². The molecule has 2 aromatic heterocycles. The minimum atomic E-state index is 0.469. The minimum Gasteiger partial charge on any atom is -0.378 e. The monoisotopic (exact) mass is 291 g/mol. The molecule has 0 aromatic carbocycles. The molecule has 0 fully saturated rings. The van der Waals surface area contributed by atoms with Crippen LogP contribution in [0, 0.1) is 0 Å². The molecule has 0 aliphatic rings. The van der Waals surface area contributed by atoms with Crippen molar-refractivity contribution in [1.29, 1.82) is 0 Å². The molecular formula is C15H21N3OS. The van der Waals surface area contributed by atoms with E-state index in [-0.39, 0.29) is 0 Å². The number of nitrogens with one attached hydrogen (secondary N) is 1. The van der Waals surface area contributed by atoms with Crippen LogP contribution in [0.3, 0.4) is 0 Å². The van der Waals surface area contributed by atoms with Crippen molar-refractivity contribution >= 4 is 11.3 Å². The first-order valence-electron chi connectivity index (χ1n) is 6.77. The quantitative estimate of drug-likeness (QED) is 0.852. The summed E-state index contributed by atoms with van der Waals surface area (Å²) >= 11 is 1.76. The SMILES string of the molecule is COCc1nc(Cc2ccncc2)sc1CNC(C)C. The summed E-state index contributed by atoms with van der Waals surface area (Å²) in [5.74, 6) is 0. The van der Waals surface area contributed by atoms with Crippen LogP contribution >= 0.6 is 11.3 Å². The summed E-state index contributed by atoms with van der Waals surface area (Å²) < 4.78 is 5.25. The van der Waals surface area contributed by atoms with Crippen molar-refractivity contribution in [3.63, 3.8) is 0 Å². The third-order valence-electron chi connectivity index (χ3n) is 2.88. The summed E-state index contributed by atoms with van der Waals surface area (Å²) in [4.78, 5) is 10.0. The number of aromatic nitrogens is 2. The topological polar surface area (TPSA) is 47.0 Å². The lowest BCUT2D eigenvalue weighted by Gasteiger charge is -2.07. The van der Waals surface area contributed by atoms with Crippen molar-refractivity contribution in [1.82, 2.24) is 15.3 Å². The molecule has 108 valence electrons. The molecule has 0 amide bonds. The van der Waals surface area contributed by atoms with Crippen LogP contribution in [0.25, 0.3) is 0 Å². The van der Waals surface area contributed by atoms with Gasteiger partial charge in [-0.15, -0.1) is 11.3 Å². The number of nitrogens with zero attached hydrogens (tertiary/aromatic N) is 2. The lowest BCUT2D eigenvalue weighted by molar-refractivity contribution is 0.181. The van der Waals surface area contributed by atoms with E-state index in [1.165, 1.54) is 10.4 Å². The molecule has 0 aliphatic carbocycles. The van der Waals surface area contributed by atoms with Crippen molar-refractivity contribution in [3.05, 3.63) is 45.7 Å². The highest BCUT2D eigenvalue weighted by molar-refractivity contribution is 7.11. The molecule has 0 unspecified atom stereocenters. The number of thiazole rings is 1. The van der Waals surface area contributed by atoms with E-state index in [0.29, 0.717) is 12.6 Å². The Morgan fingerprint density at radius 3 is 2.70 bits per heavy atom. The fourth-order valence-electron chi connectivity index (χ4n) is 1.87. The second-order valence-corrected chi connectivity index (χ2v) is 6.15. The molecule has 0 atom stereocenters. The second-order valence-electron chi connectivity index (χ2n) is 4.98. The van der Waals surface area contributed by atoms with Crippen molar-refractivity contribution in [2.75, 3.05) is 7.11 Å². The van der Waals surface area contributed by atoms with Crippen molar-refractivity contribution < 1.29 is 4.74 Å². The lowest BCUT2D eigenvalue weighted by Crippen LogP contribution is -2.21. The molecule has 1 N–H and O–H groups in total. The molecule has 0 saturated carbocycles. The molecule has 0 spiro atoms. The van der Waals surface area contributed by atoms with E-state index < -0.39 is 0 Å². The molecule has 0 aliphatic heterocycles. The number of pyridine rings is 1. The number of hydrogen-bond acceptors (Lipinski definition) is 5. The van der Waals surface area contributed by atoms with E-state index >= 15 is 0 Å². The van der Waals surface area contributed by atoms with E-state index in [4.69, 9.17) is 9.72 Å². The highest BCUT2D eigenvalue weighted by Gasteiger charge is 2.11. The van der Waals surface area contributed by atoms with Gasteiger partial charge in [0.2, 0.25) is 0 Å². The zero-order valence-electron chi connectivity index (χ0n) is 12.2. The van der Waals surface area contributed by atoms with Crippen LogP contribution in [0.1, 0.15) is 35.0 Å². The molecular weight excluding hydrogens is 270 g/mol. The van der Waals surface area contributed by atoms with E-state index in [2.05, 4.69) is 24.1 Å². The Morgan fingerprint density at radius 2 is 2.05 bits per heavy atom. The Balaban J connectivity index is 2.11. The van der Waals surface area contributed by atoms with Crippen LogP contribution in [0.5, 0.6) is 0 Å². The van der Waals surface area contributed by atoms with E-state index in [1.807, 2.05) is 24.5 Å². The average Bonchev–Trinajstić information content (AvgIpc) is 2.80. The van der Waals surface area contributed by atoms with Crippen molar-refractivity contribution in [2.45, 2.75) is 39.5 Å². The normalized spacial score (nSPS) is 11.2. The standard InChI is InChI=1S/C15H21N3OS/c1-11(2)17-9-14-13(10-19-3)18-15(20-14)8-12-4-6-16-7-5-12/h4-7,11,17H,8-10H2,1-3H3. The summed E-state index contributed by atoms with van der Waals surface area (Å²) in [6, 6.07) is 4.53. The minimum absolute atomic E-state index is 0.469. The maximum Gasteiger partial charge on any atom is 0.0976 e. The largest absolute Gasteiger partial charge is 0.378 e. The molecule has 4 nitrogen and oxygen atoms in total. The molecule has 2 aromatic rings. The predicted octanol–water partition coefficient (Wildman–Crippen LogP) is 2.77. The average molecular weight is 291 g/mol. The van der Waals surface area contributed by atoms with Gasteiger partial charge in [-0.05, 0) is 17.7 Å². The fraction of sp³-hybridized carbons (Fsp3) is 0.467. The van der Waals surface area contributed by atoms with Gasteiger partial charge in [0.15, 0.2) is 0 Å². The Bertz CT molecular complexity index is 525. The van der Waals surface area contributed by atoms with Crippen molar-refractivity contribution in [3.8, 4) is 0 Å². The third-order valence-corrected chi connectivity index (χ3v) is 3.98. The maximum absolute atomic E-state index is 5.25. The van der Waals surface area contributed by atoms with Gasteiger partial charge >= 0.3 is 0 Å². The zero-order valence-corrected chi connectivity index (χ0v) is 13.0. The van der Waals surface area contributed by atoms with Gasteiger partial charge in [0.25, 0.3) is 0 Å².